The molecular weight excluding hydrogens is 224 g/mol. The topological polar surface area (TPSA) is 56.3 Å². The molecule has 0 aliphatic carbocycles. The van der Waals surface area contributed by atoms with Crippen LogP contribution in [-0.4, -0.2) is 38.6 Å². The van der Waals surface area contributed by atoms with Crippen molar-refractivity contribution in [2.24, 2.45) is 0 Å². The molecule has 0 bridgehead atoms. The van der Waals surface area contributed by atoms with E-state index < -0.39 is 0 Å². The molecule has 1 aromatic rings. The first-order valence-corrected chi connectivity index (χ1v) is 6.27. The van der Waals surface area contributed by atoms with E-state index in [1.807, 2.05) is 12.1 Å². The monoisotopic (exact) mass is 246 g/mol. The minimum absolute atomic E-state index is 0.545. The first-order chi connectivity index (χ1) is 8.58. The fourth-order valence-corrected chi connectivity index (χ4v) is 1.90. The zero-order chi connectivity index (χ0) is 13.5. The van der Waals surface area contributed by atoms with Crippen LogP contribution in [0.2, 0.25) is 0 Å². The van der Waals surface area contributed by atoms with Crippen molar-refractivity contribution in [3.63, 3.8) is 0 Å². The lowest BCUT2D eigenvalue weighted by molar-refractivity contribution is 0.400. The lowest BCUT2D eigenvalue weighted by Crippen LogP contribution is -2.27. The predicted molar refractivity (Wildman–Crippen MR) is 76.6 cm³/mol. The standard InChI is InChI=1S/C14H22N4/c1-4-18(9-5-8-17(2)3)13-7-6-12(11-15)14(16)10-13/h6-7,10H,4-5,8-9,16H2,1-3H3. The van der Waals surface area contributed by atoms with Gasteiger partial charge >= 0.3 is 0 Å². The van der Waals surface area contributed by atoms with Crippen LogP contribution in [-0.2, 0) is 0 Å². The molecule has 0 atom stereocenters. The van der Waals surface area contributed by atoms with Crippen LogP contribution in [0.3, 0.4) is 0 Å². The van der Waals surface area contributed by atoms with Crippen molar-refractivity contribution in [3.05, 3.63) is 23.8 Å². The maximum absolute atomic E-state index is 8.86. The summed E-state index contributed by atoms with van der Waals surface area (Å²) in [6, 6.07) is 7.73. The second kappa shape index (κ2) is 6.87. The number of nitrogen functional groups attached to an aromatic ring is 1. The van der Waals surface area contributed by atoms with Gasteiger partial charge in [0.2, 0.25) is 0 Å². The van der Waals surface area contributed by atoms with E-state index >= 15 is 0 Å². The van der Waals surface area contributed by atoms with E-state index in [-0.39, 0.29) is 0 Å². The molecule has 2 N–H and O–H groups in total. The number of hydrogen-bond acceptors (Lipinski definition) is 4. The Bertz CT molecular complexity index is 420. The molecule has 0 saturated carbocycles. The minimum Gasteiger partial charge on any atom is -0.398 e. The van der Waals surface area contributed by atoms with Crippen LogP contribution in [0.15, 0.2) is 18.2 Å². The average molecular weight is 246 g/mol. The average Bonchev–Trinajstić information content (AvgIpc) is 2.34. The van der Waals surface area contributed by atoms with E-state index in [0.29, 0.717) is 11.3 Å². The molecular formula is C14H22N4. The van der Waals surface area contributed by atoms with Crippen molar-refractivity contribution in [2.45, 2.75) is 13.3 Å². The van der Waals surface area contributed by atoms with Crippen molar-refractivity contribution < 1.29 is 0 Å². The van der Waals surface area contributed by atoms with E-state index in [1.54, 1.807) is 6.07 Å². The third-order valence-corrected chi connectivity index (χ3v) is 2.94. The Kier molecular flexibility index (Phi) is 5.47. The smallest absolute Gasteiger partial charge is 0.101 e. The normalized spacial score (nSPS) is 10.4. The molecule has 0 heterocycles. The number of nitrogens with two attached hydrogens (primary N) is 1. The van der Waals surface area contributed by atoms with Crippen LogP contribution in [0, 0.1) is 11.3 Å². The number of nitrogens with zero attached hydrogens (tertiary/aromatic N) is 3. The Morgan fingerprint density at radius 2 is 2.00 bits per heavy atom. The Hall–Kier alpha value is -1.73. The SMILES string of the molecule is CCN(CCCN(C)C)c1ccc(C#N)c(N)c1. The van der Waals surface area contributed by atoms with Crippen molar-refractivity contribution in [3.8, 4) is 6.07 Å². The van der Waals surface area contributed by atoms with Gasteiger partial charge < -0.3 is 15.5 Å². The van der Waals surface area contributed by atoms with Crippen molar-refractivity contribution in [1.82, 2.24) is 4.90 Å². The summed E-state index contributed by atoms with van der Waals surface area (Å²) in [7, 11) is 4.16. The van der Waals surface area contributed by atoms with Gasteiger partial charge in [-0.05, 0) is 52.2 Å². The van der Waals surface area contributed by atoms with E-state index in [2.05, 4.69) is 36.9 Å². The first-order valence-electron chi connectivity index (χ1n) is 6.27. The van der Waals surface area contributed by atoms with E-state index in [0.717, 1.165) is 31.7 Å². The van der Waals surface area contributed by atoms with Gasteiger partial charge in [0.1, 0.15) is 6.07 Å². The number of anilines is 2. The molecule has 0 spiro atoms. The number of nitriles is 1. The molecule has 0 amide bonds. The van der Waals surface area contributed by atoms with Gasteiger partial charge in [0.15, 0.2) is 0 Å². The van der Waals surface area contributed by atoms with Gasteiger partial charge in [0, 0.05) is 18.8 Å². The van der Waals surface area contributed by atoms with Gasteiger partial charge in [-0.15, -0.1) is 0 Å². The Balaban J connectivity index is 2.70. The molecule has 0 aliphatic rings. The van der Waals surface area contributed by atoms with Gasteiger partial charge in [0.25, 0.3) is 0 Å². The summed E-state index contributed by atoms with van der Waals surface area (Å²) in [5.41, 5.74) is 8.04. The molecule has 0 aliphatic heterocycles. The van der Waals surface area contributed by atoms with E-state index in [9.17, 15) is 0 Å². The van der Waals surface area contributed by atoms with E-state index in [1.165, 1.54) is 0 Å². The third-order valence-electron chi connectivity index (χ3n) is 2.94. The molecule has 98 valence electrons. The number of hydrogen-bond donors (Lipinski definition) is 1. The molecule has 1 aromatic carbocycles. The quantitative estimate of drug-likeness (QED) is 0.779. The van der Waals surface area contributed by atoms with Crippen LogP contribution < -0.4 is 10.6 Å². The molecule has 4 heteroatoms. The summed E-state index contributed by atoms with van der Waals surface area (Å²) in [5.74, 6) is 0. The molecule has 18 heavy (non-hydrogen) atoms. The molecule has 4 nitrogen and oxygen atoms in total. The molecule has 0 fully saturated rings. The first kappa shape index (κ1) is 14.3. The molecule has 0 radical (unpaired) electrons. The Morgan fingerprint density at radius 3 is 2.50 bits per heavy atom. The third kappa shape index (κ3) is 3.94. The van der Waals surface area contributed by atoms with Gasteiger partial charge in [-0.3, -0.25) is 0 Å². The Morgan fingerprint density at radius 1 is 1.28 bits per heavy atom. The van der Waals surface area contributed by atoms with Crippen LogP contribution >= 0.6 is 0 Å². The second-order valence-electron chi connectivity index (χ2n) is 4.62. The van der Waals surface area contributed by atoms with Crippen LogP contribution in [0.4, 0.5) is 11.4 Å². The zero-order valence-electron chi connectivity index (χ0n) is 11.5. The highest BCUT2D eigenvalue weighted by molar-refractivity contribution is 5.63. The predicted octanol–water partition coefficient (Wildman–Crippen LogP) is 1.92. The highest BCUT2D eigenvalue weighted by Crippen LogP contribution is 2.21. The lowest BCUT2D eigenvalue weighted by Gasteiger charge is -2.24. The van der Waals surface area contributed by atoms with Crippen LogP contribution in [0.1, 0.15) is 18.9 Å². The minimum atomic E-state index is 0.545. The molecule has 0 aromatic heterocycles. The zero-order valence-corrected chi connectivity index (χ0v) is 11.5. The summed E-state index contributed by atoms with van der Waals surface area (Å²) in [5, 5.41) is 8.86. The van der Waals surface area contributed by atoms with Gasteiger partial charge in [-0.25, -0.2) is 0 Å². The van der Waals surface area contributed by atoms with Crippen LogP contribution in [0.25, 0.3) is 0 Å². The Labute approximate surface area is 110 Å². The van der Waals surface area contributed by atoms with Crippen molar-refractivity contribution >= 4 is 11.4 Å². The maximum atomic E-state index is 8.86. The summed E-state index contributed by atoms with van der Waals surface area (Å²) >= 11 is 0. The van der Waals surface area contributed by atoms with Gasteiger partial charge in [0.05, 0.1) is 11.3 Å². The summed E-state index contributed by atoms with van der Waals surface area (Å²) < 4.78 is 0. The molecule has 0 saturated heterocycles. The second-order valence-corrected chi connectivity index (χ2v) is 4.62. The molecule has 1 rings (SSSR count). The fraction of sp³-hybridized carbons (Fsp3) is 0.500. The largest absolute Gasteiger partial charge is 0.398 e. The summed E-state index contributed by atoms with van der Waals surface area (Å²) in [4.78, 5) is 4.46. The lowest BCUT2D eigenvalue weighted by atomic mass is 10.1. The van der Waals surface area contributed by atoms with Gasteiger partial charge in [-0.1, -0.05) is 0 Å². The highest BCUT2D eigenvalue weighted by Gasteiger charge is 2.06. The van der Waals surface area contributed by atoms with Gasteiger partial charge in [-0.2, -0.15) is 5.26 Å². The van der Waals surface area contributed by atoms with Crippen LogP contribution in [0.5, 0.6) is 0 Å². The highest BCUT2D eigenvalue weighted by atomic mass is 15.1. The number of benzene rings is 1. The van der Waals surface area contributed by atoms with E-state index in [4.69, 9.17) is 11.0 Å². The van der Waals surface area contributed by atoms with Crippen molar-refractivity contribution in [2.75, 3.05) is 44.4 Å². The number of rotatable bonds is 6. The summed E-state index contributed by atoms with van der Waals surface area (Å²) in [6.07, 6.45) is 1.11. The summed E-state index contributed by atoms with van der Waals surface area (Å²) in [6.45, 7) is 5.14. The fourth-order valence-electron chi connectivity index (χ4n) is 1.90. The maximum Gasteiger partial charge on any atom is 0.101 e. The van der Waals surface area contributed by atoms with Crippen molar-refractivity contribution in [1.29, 1.82) is 5.26 Å². The molecule has 0 unspecified atom stereocenters.